The van der Waals surface area contributed by atoms with Gasteiger partial charge in [0.25, 0.3) is 0 Å². The molecule has 0 spiro atoms. The van der Waals surface area contributed by atoms with Gasteiger partial charge in [-0.3, -0.25) is 0 Å². The molecular formula is C22H24BrF3O2S. The lowest BCUT2D eigenvalue weighted by Gasteiger charge is -2.38. The van der Waals surface area contributed by atoms with Gasteiger partial charge < -0.3 is 9.84 Å². The summed E-state index contributed by atoms with van der Waals surface area (Å²) in [5.41, 5.74) is -1.09. The summed E-state index contributed by atoms with van der Waals surface area (Å²) in [5, 5.41) is 10.8. The normalized spacial score (nSPS) is 16.3. The van der Waals surface area contributed by atoms with Gasteiger partial charge in [0.1, 0.15) is 5.75 Å². The van der Waals surface area contributed by atoms with Crippen LogP contribution in [0.4, 0.5) is 13.2 Å². The highest BCUT2D eigenvalue weighted by Crippen LogP contribution is 2.47. The van der Waals surface area contributed by atoms with Crippen LogP contribution in [-0.2, 0) is 11.8 Å². The summed E-state index contributed by atoms with van der Waals surface area (Å²) in [6.45, 7) is 5.89. The Labute approximate surface area is 182 Å². The lowest BCUT2D eigenvalue weighted by atomic mass is 9.74. The molecule has 3 rings (SSSR count). The summed E-state index contributed by atoms with van der Waals surface area (Å²) in [5.74, 6) is 0.175. The Morgan fingerprint density at radius 2 is 1.79 bits per heavy atom. The SMILES string of the molecule is Cc1ccc(SC[C@](O)(CC(C)(C)c2cc(Br)cc3c2OCC3)C(F)(F)F)cc1. The molecule has 0 saturated carbocycles. The molecule has 0 bridgehead atoms. The van der Waals surface area contributed by atoms with Crippen LogP contribution in [0.25, 0.3) is 0 Å². The van der Waals surface area contributed by atoms with Crippen molar-refractivity contribution < 1.29 is 23.0 Å². The van der Waals surface area contributed by atoms with Crippen LogP contribution < -0.4 is 4.74 Å². The van der Waals surface area contributed by atoms with Crippen molar-refractivity contribution in [1.82, 2.24) is 0 Å². The van der Waals surface area contributed by atoms with Gasteiger partial charge in [-0.15, -0.1) is 11.8 Å². The minimum atomic E-state index is -4.75. The van der Waals surface area contributed by atoms with Crippen LogP contribution in [0.5, 0.6) is 5.75 Å². The van der Waals surface area contributed by atoms with Gasteiger partial charge in [0.2, 0.25) is 0 Å². The second-order valence-electron chi connectivity index (χ2n) is 8.23. The Morgan fingerprint density at radius 3 is 2.41 bits per heavy atom. The van der Waals surface area contributed by atoms with Crippen molar-refractivity contribution >= 4 is 27.7 Å². The molecule has 1 aliphatic heterocycles. The van der Waals surface area contributed by atoms with Crippen molar-refractivity contribution in [2.24, 2.45) is 0 Å². The van der Waals surface area contributed by atoms with Gasteiger partial charge in [-0.1, -0.05) is 47.5 Å². The quantitative estimate of drug-likeness (QED) is 0.474. The fraction of sp³-hybridized carbons (Fsp3) is 0.455. The molecule has 2 nitrogen and oxygen atoms in total. The predicted octanol–water partition coefficient (Wildman–Crippen LogP) is 6.45. The zero-order valence-electron chi connectivity index (χ0n) is 16.6. The summed E-state index contributed by atoms with van der Waals surface area (Å²) >= 11 is 4.47. The minimum Gasteiger partial charge on any atom is -0.493 e. The fourth-order valence-electron chi connectivity index (χ4n) is 3.67. The third-order valence-electron chi connectivity index (χ3n) is 5.24. The van der Waals surface area contributed by atoms with Gasteiger partial charge >= 0.3 is 6.18 Å². The van der Waals surface area contributed by atoms with Crippen molar-refractivity contribution in [3.05, 3.63) is 57.6 Å². The average Bonchev–Trinajstić information content (AvgIpc) is 3.07. The second-order valence-corrected chi connectivity index (χ2v) is 10.2. The van der Waals surface area contributed by atoms with Crippen LogP contribution in [0.1, 0.15) is 37.0 Å². The van der Waals surface area contributed by atoms with Crippen LogP contribution in [0.2, 0.25) is 0 Å². The Kier molecular flexibility index (Phi) is 6.33. The van der Waals surface area contributed by atoms with E-state index in [1.807, 2.05) is 25.1 Å². The van der Waals surface area contributed by atoms with E-state index in [9.17, 15) is 18.3 Å². The van der Waals surface area contributed by atoms with Gasteiger partial charge in [-0.05, 0) is 48.6 Å². The number of benzene rings is 2. The molecule has 0 fully saturated rings. The first-order valence-corrected chi connectivity index (χ1v) is 11.1. The highest BCUT2D eigenvalue weighted by atomic mass is 79.9. The smallest absolute Gasteiger partial charge is 0.418 e. The van der Waals surface area contributed by atoms with Crippen molar-refractivity contribution in [2.75, 3.05) is 12.4 Å². The van der Waals surface area contributed by atoms with E-state index in [1.165, 1.54) is 0 Å². The summed E-state index contributed by atoms with van der Waals surface area (Å²) in [7, 11) is 0. The molecule has 0 saturated heterocycles. The fourth-order valence-corrected chi connectivity index (χ4v) is 5.17. The molecule has 2 aromatic carbocycles. The Balaban J connectivity index is 1.89. The molecular weight excluding hydrogens is 465 g/mol. The van der Waals surface area contributed by atoms with Gasteiger partial charge in [-0.25, -0.2) is 0 Å². The molecule has 0 radical (unpaired) electrons. The van der Waals surface area contributed by atoms with Crippen molar-refractivity contribution in [2.45, 2.75) is 55.7 Å². The van der Waals surface area contributed by atoms with Crippen molar-refractivity contribution in [3.8, 4) is 5.75 Å². The second kappa shape index (κ2) is 8.16. The lowest BCUT2D eigenvalue weighted by molar-refractivity contribution is -0.256. The van der Waals surface area contributed by atoms with Crippen LogP contribution in [0, 0.1) is 6.92 Å². The highest BCUT2D eigenvalue weighted by Gasteiger charge is 2.56. The molecule has 1 heterocycles. The zero-order valence-corrected chi connectivity index (χ0v) is 19.0. The van der Waals surface area contributed by atoms with E-state index in [0.29, 0.717) is 22.8 Å². The standard InChI is InChI=1S/C22H24BrF3O2S/c1-14-4-6-17(7-5-14)29-13-21(27,22(24,25)26)12-20(2,3)18-11-16(23)10-15-8-9-28-19(15)18/h4-7,10-11,27H,8-9,12-13H2,1-3H3/t21-/m1/s1. The largest absolute Gasteiger partial charge is 0.493 e. The van der Waals surface area contributed by atoms with E-state index >= 15 is 0 Å². The minimum absolute atomic E-state index is 0.464. The summed E-state index contributed by atoms with van der Waals surface area (Å²) in [6, 6.07) is 11.0. The molecule has 29 heavy (non-hydrogen) atoms. The van der Waals surface area contributed by atoms with Crippen LogP contribution in [0.3, 0.4) is 0 Å². The number of fused-ring (bicyclic) bond motifs is 1. The molecule has 1 atom stereocenters. The molecule has 7 heteroatoms. The summed E-state index contributed by atoms with van der Waals surface area (Å²) in [6.07, 6.45) is -4.49. The third kappa shape index (κ3) is 4.94. The first kappa shape index (κ1) is 22.5. The van der Waals surface area contributed by atoms with Gasteiger partial charge in [0.15, 0.2) is 5.60 Å². The lowest BCUT2D eigenvalue weighted by Crippen LogP contribution is -2.51. The number of thioether (sulfide) groups is 1. The number of hydrogen-bond donors (Lipinski definition) is 1. The van der Waals surface area contributed by atoms with Crippen LogP contribution in [-0.4, -0.2) is 29.2 Å². The van der Waals surface area contributed by atoms with Crippen LogP contribution >= 0.6 is 27.7 Å². The van der Waals surface area contributed by atoms with Gasteiger partial charge in [-0.2, -0.15) is 13.2 Å². The maximum Gasteiger partial charge on any atom is 0.418 e. The highest BCUT2D eigenvalue weighted by molar-refractivity contribution is 9.10. The number of hydrogen-bond acceptors (Lipinski definition) is 3. The molecule has 0 unspecified atom stereocenters. The van der Waals surface area contributed by atoms with Gasteiger partial charge in [0.05, 0.1) is 6.61 Å². The van der Waals surface area contributed by atoms with Gasteiger partial charge in [0, 0.05) is 27.1 Å². The Morgan fingerprint density at radius 1 is 1.14 bits per heavy atom. The number of aliphatic hydroxyl groups is 1. The van der Waals surface area contributed by atoms with E-state index in [2.05, 4.69) is 15.9 Å². The summed E-state index contributed by atoms with van der Waals surface area (Å²) < 4.78 is 48.4. The zero-order chi connectivity index (χ0) is 21.4. The maximum absolute atomic E-state index is 14.0. The molecule has 0 aromatic heterocycles. The first-order chi connectivity index (χ1) is 13.4. The van der Waals surface area contributed by atoms with Crippen molar-refractivity contribution in [3.63, 3.8) is 0 Å². The monoisotopic (exact) mass is 488 g/mol. The number of alkyl halides is 3. The molecule has 2 aromatic rings. The molecule has 1 aliphatic rings. The third-order valence-corrected chi connectivity index (χ3v) is 6.92. The molecule has 158 valence electrons. The average molecular weight is 489 g/mol. The first-order valence-electron chi connectivity index (χ1n) is 9.36. The maximum atomic E-state index is 14.0. The van der Waals surface area contributed by atoms with E-state index in [1.54, 1.807) is 32.0 Å². The summed E-state index contributed by atoms with van der Waals surface area (Å²) in [4.78, 5) is 0.697. The van der Waals surface area contributed by atoms with Crippen LogP contribution in [0.15, 0.2) is 45.8 Å². The van der Waals surface area contributed by atoms with E-state index < -0.39 is 29.4 Å². The van der Waals surface area contributed by atoms with E-state index in [-0.39, 0.29) is 0 Å². The molecule has 1 N–H and O–H groups in total. The number of rotatable bonds is 6. The Bertz CT molecular complexity index is 881. The Hall–Kier alpha value is -1.18. The van der Waals surface area contributed by atoms with Crippen molar-refractivity contribution in [1.29, 1.82) is 0 Å². The number of aryl methyl sites for hydroxylation is 1. The number of ether oxygens (including phenoxy) is 1. The predicted molar refractivity (Wildman–Crippen MR) is 114 cm³/mol. The number of halogens is 4. The molecule has 0 aliphatic carbocycles. The van der Waals surface area contributed by atoms with E-state index in [4.69, 9.17) is 4.74 Å². The molecule has 0 amide bonds. The topological polar surface area (TPSA) is 29.5 Å². The van der Waals surface area contributed by atoms with E-state index in [0.717, 1.165) is 33.8 Å².